The maximum Gasteiger partial charge on any atom is 0.0399 e. The monoisotopic (exact) mass is 243 g/mol. The van der Waals surface area contributed by atoms with Crippen LogP contribution < -0.4 is 0 Å². The molecule has 0 unspecified atom stereocenters. The summed E-state index contributed by atoms with van der Waals surface area (Å²) in [7, 11) is 0. The van der Waals surface area contributed by atoms with Crippen molar-refractivity contribution in [1.29, 1.82) is 0 Å². The Morgan fingerprint density at radius 1 is 1.00 bits per heavy atom. The van der Waals surface area contributed by atoms with E-state index < -0.39 is 0 Å². The van der Waals surface area contributed by atoms with E-state index in [1.165, 1.54) is 5.56 Å². The van der Waals surface area contributed by atoms with E-state index in [0.717, 1.165) is 13.1 Å². The summed E-state index contributed by atoms with van der Waals surface area (Å²) in [5.74, 6) is 1.24. The predicted molar refractivity (Wildman–Crippen MR) is 68.5 cm³/mol. The largest absolute Gasteiger partial charge is 0.375 e. The van der Waals surface area contributed by atoms with Crippen molar-refractivity contribution in [2.24, 2.45) is 0 Å². The van der Waals surface area contributed by atoms with Crippen LogP contribution in [0.5, 0.6) is 0 Å². The van der Waals surface area contributed by atoms with Crippen molar-refractivity contribution in [1.82, 2.24) is 4.90 Å². The molecule has 1 aromatic rings. The van der Waals surface area contributed by atoms with E-state index >= 15 is 0 Å². The third-order valence-corrected chi connectivity index (χ3v) is 2.36. The van der Waals surface area contributed by atoms with E-state index in [1.807, 2.05) is 24.4 Å². The Morgan fingerprint density at radius 3 is 2.13 bits per heavy atom. The van der Waals surface area contributed by atoms with Crippen LogP contribution in [0, 0.1) is 0 Å². The lowest BCUT2D eigenvalue weighted by Gasteiger charge is -2.17. The highest BCUT2D eigenvalue weighted by molar-refractivity contribution is 6.18. The van der Waals surface area contributed by atoms with E-state index in [-0.39, 0.29) is 0 Å². The molecule has 0 atom stereocenters. The molecule has 0 amide bonds. The Hall–Kier alpha value is -0.660. The molecule has 0 N–H and O–H groups in total. The molecule has 0 aliphatic heterocycles. The minimum atomic E-state index is 0.621. The highest BCUT2D eigenvalue weighted by Gasteiger charge is 1.96. The van der Waals surface area contributed by atoms with Gasteiger partial charge in [-0.1, -0.05) is 30.3 Å². The van der Waals surface area contributed by atoms with E-state index in [1.54, 1.807) is 0 Å². The SMILES string of the molecule is ClCCN(C=Cc1ccccc1)CCCl. The second-order valence-corrected chi connectivity index (χ2v) is 3.90. The van der Waals surface area contributed by atoms with Gasteiger partial charge in [0.1, 0.15) is 0 Å². The van der Waals surface area contributed by atoms with Crippen LogP contribution in [0.15, 0.2) is 36.5 Å². The standard InChI is InChI=1S/C12H15Cl2N/c13-7-10-15(11-8-14)9-6-12-4-2-1-3-5-12/h1-6,9H,7-8,10-11H2. The molecule has 0 aliphatic rings. The Morgan fingerprint density at radius 2 is 1.60 bits per heavy atom. The Labute approximate surface area is 101 Å². The lowest BCUT2D eigenvalue weighted by Crippen LogP contribution is -2.21. The Bertz CT molecular complexity index is 279. The quantitative estimate of drug-likeness (QED) is 0.693. The predicted octanol–water partition coefficient (Wildman–Crippen LogP) is 3.44. The van der Waals surface area contributed by atoms with Gasteiger partial charge in [-0.05, 0) is 17.8 Å². The first-order valence-corrected chi connectivity index (χ1v) is 6.03. The van der Waals surface area contributed by atoms with Gasteiger partial charge < -0.3 is 4.90 Å². The van der Waals surface area contributed by atoms with Crippen LogP contribution in [0.1, 0.15) is 5.56 Å². The van der Waals surface area contributed by atoms with Gasteiger partial charge in [-0.15, -0.1) is 23.2 Å². The van der Waals surface area contributed by atoms with Crippen molar-refractivity contribution < 1.29 is 0 Å². The Kier molecular flexibility index (Phi) is 6.29. The number of hydrogen-bond donors (Lipinski definition) is 0. The van der Waals surface area contributed by atoms with Crippen LogP contribution in [0.2, 0.25) is 0 Å². The Balaban J connectivity index is 2.53. The van der Waals surface area contributed by atoms with Crippen molar-refractivity contribution >= 4 is 29.3 Å². The molecule has 0 saturated heterocycles. The summed E-state index contributed by atoms with van der Waals surface area (Å²) in [4.78, 5) is 2.12. The van der Waals surface area contributed by atoms with E-state index in [4.69, 9.17) is 23.2 Å². The van der Waals surface area contributed by atoms with Gasteiger partial charge in [-0.3, -0.25) is 0 Å². The first-order valence-electron chi connectivity index (χ1n) is 4.96. The van der Waals surface area contributed by atoms with Crippen LogP contribution in [0.4, 0.5) is 0 Å². The molecule has 0 bridgehead atoms. The van der Waals surface area contributed by atoms with Gasteiger partial charge in [0, 0.05) is 24.8 Å². The van der Waals surface area contributed by atoms with Crippen molar-refractivity contribution in [3.8, 4) is 0 Å². The van der Waals surface area contributed by atoms with Crippen LogP contribution >= 0.6 is 23.2 Å². The average molecular weight is 244 g/mol. The highest BCUT2D eigenvalue weighted by atomic mass is 35.5. The lowest BCUT2D eigenvalue weighted by atomic mass is 10.2. The second-order valence-electron chi connectivity index (χ2n) is 3.14. The number of benzene rings is 1. The third-order valence-electron chi connectivity index (χ3n) is 2.02. The molecule has 3 heteroatoms. The molecule has 0 spiro atoms. The fourth-order valence-corrected chi connectivity index (χ4v) is 1.67. The normalized spacial score (nSPS) is 10.8. The summed E-state index contributed by atoms with van der Waals surface area (Å²) in [6, 6.07) is 10.2. The summed E-state index contributed by atoms with van der Waals surface area (Å²) in [6.07, 6.45) is 4.11. The number of rotatable bonds is 6. The average Bonchev–Trinajstić information content (AvgIpc) is 2.28. The van der Waals surface area contributed by atoms with Gasteiger partial charge in [0.15, 0.2) is 0 Å². The zero-order chi connectivity index (χ0) is 10.9. The maximum absolute atomic E-state index is 5.70. The molecule has 0 aliphatic carbocycles. The maximum atomic E-state index is 5.70. The molecule has 1 nitrogen and oxygen atoms in total. The fourth-order valence-electron chi connectivity index (χ4n) is 1.23. The number of hydrogen-bond acceptors (Lipinski definition) is 1. The van der Waals surface area contributed by atoms with Crippen LogP contribution in [-0.2, 0) is 0 Å². The van der Waals surface area contributed by atoms with Gasteiger partial charge >= 0.3 is 0 Å². The zero-order valence-electron chi connectivity index (χ0n) is 8.57. The molecule has 0 aromatic heterocycles. The topological polar surface area (TPSA) is 3.24 Å². The summed E-state index contributed by atoms with van der Waals surface area (Å²) in [5, 5.41) is 0. The number of halogens is 2. The van der Waals surface area contributed by atoms with Crippen LogP contribution in [-0.4, -0.2) is 29.7 Å². The van der Waals surface area contributed by atoms with Gasteiger partial charge in [0.25, 0.3) is 0 Å². The molecule has 0 heterocycles. The summed E-state index contributed by atoms with van der Waals surface area (Å²) >= 11 is 11.4. The zero-order valence-corrected chi connectivity index (χ0v) is 10.1. The molecule has 15 heavy (non-hydrogen) atoms. The van der Waals surface area contributed by atoms with Gasteiger partial charge in [-0.25, -0.2) is 0 Å². The molecule has 1 rings (SSSR count). The highest BCUT2D eigenvalue weighted by Crippen LogP contribution is 2.03. The van der Waals surface area contributed by atoms with E-state index in [2.05, 4.69) is 23.1 Å². The van der Waals surface area contributed by atoms with Crippen LogP contribution in [0.25, 0.3) is 6.08 Å². The molecule has 82 valence electrons. The minimum absolute atomic E-state index is 0.621. The minimum Gasteiger partial charge on any atom is -0.375 e. The van der Waals surface area contributed by atoms with E-state index in [0.29, 0.717) is 11.8 Å². The lowest BCUT2D eigenvalue weighted by molar-refractivity contribution is 0.426. The molecule has 0 fully saturated rings. The second kappa shape index (κ2) is 7.61. The molecule has 1 aromatic carbocycles. The number of alkyl halides is 2. The smallest absolute Gasteiger partial charge is 0.0399 e. The van der Waals surface area contributed by atoms with Gasteiger partial charge in [0.05, 0.1) is 0 Å². The van der Waals surface area contributed by atoms with Gasteiger partial charge in [-0.2, -0.15) is 0 Å². The summed E-state index contributed by atoms with van der Waals surface area (Å²) in [6.45, 7) is 1.66. The van der Waals surface area contributed by atoms with Crippen molar-refractivity contribution in [3.05, 3.63) is 42.1 Å². The molecule has 0 saturated carbocycles. The first kappa shape index (κ1) is 12.4. The van der Waals surface area contributed by atoms with Crippen molar-refractivity contribution in [2.75, 3.05) is 24.8 Å². The molecule has 0 radical (unpaired) electrons. The first-order chi connectivity index (χ1) is 7.36. The summed E-state index contributed by atoms with van der Waals surface area (Å²) < 4.78 is 0. The van der Waals surface area contributed by atoms with Crippen LogP contribution in [0.3, 0.4) is 0 Å². The van der Waals surface area contributed by atoms with E-state index in [9.17, 15) is 0 Å². The van der Waals surface area contributed by atoms with Crippen molar-refractivity contribution in [2.45, 2.75) is 0 Å². The summed E-state index contributed by atoms with van der Waals surface area (Å²) in [5.41, 5.74) is 1.19. The fraction of sp³-hybridized carbons (Fsp3) is 0.333. The van der Waals surface area contributed by atoms with Gasteiger partial charge in [0.2, 0.25) is 0 Å². The molecular formula is C12H15Cl2N. The van der Waals surface area contributed by atoms with Crippen molar-refractivity contribution in [3.63, 3.8) is 0 Å². The molecular weight excluding hydrogens is 229 g/mol. The number of nitrogens with zero attached hydrogens (tertiary/aromatic N) is 1. The third kappa shape index (κ3) is 5.10.